The number of carbonyl (C=O) groups excluding carboxylic acids is 1. The molecule has 0 saturated carbocycles. The Bertz CT molecular complexity index is 1610. The van der Waals surface area contributed by atoms with Gasteiger partial charge in [0.15, 0.2) is 0 Å². The molecule has 4 aromatic rings. The minimum Gasteiger partial charge on any atom is -0.489 e. The van der Waals surface area contributed by atoms with Crippen molar-refractivity contribution in [3.05, 3.63) is 100 Å². The zero-order valence-electron chi connectivity index (χ0n) is 21.8. The van der Waals surface area contributed by atoms with Crippen LogP contribution < -0.4 is 4.74 Å². The van der Waals surface area contributed by atoms with Gasteiger partial charge < -0.3 is 14.7 Å². The van der Waals surface area contributed by atoms with Crippen LogP contribution in [-0.2, 0) is 24.3 Å². The van der Waals surface area contributed by atoms with Crippen LogP contribution in [-0.4, -0.2) is 50.0 Å². The lowest BCUT2D eigenvalue weighted by molar-refractivity contribution is -0.137. The second-order valence-corrected chi connectivity index (χ2v) is 10.3. The number of carbonyl (C=O) groups is 2. The summed E-state index contributed by atoms with van der Waals surface area (Å²) in [5.74, 6) is -0.548. The molecule has 1 unspecified atom stereocenters. The largest absolute Gasteiger partial charge is 0.489 e. The standard InChI is InChI=1S/C31H30N4O4/c1-20-5-6-24-17-29(20)39-14-4-2-3-12-35-28-10-9-23(16-27(28)32-33-35)26(18-30(36)37)22-8-7-21-11-13-34(31(24)38)19-25(21)15-22/h2,4-10,15-17,26H,3,11-14,18-19H2,1H3,(H,36,37)/b4-2+. The molecule has 1 amide bonds. The molecular formula is C31H30N4O4. The zero-order chi connectivity index (χ0) is 26.9. The van der Waals surface area contributed by atoms with Gasteiger partial charge in [0.1, 0.15) is 17.9 Å². The van der Waals surface area contributed by atoms with Gasteiger partial charge in [-0.15, -0.1) is 5.10 Å². The van der Waals surface area contributed by atoms with Crippen molar-refractivity contribution in [3.63, 3.8) is 0 Å². The van der Waals surface area contributed by atoms with Gasteiger partial charge >= 0.3 is 5.97 Å². The number of carboxylic acids is 1. The van der Waals surface area contributed by atoms with Crippen molar-refractivity contribution >= 4 is 22.9 Å². The summed E-state index contributed by atoms with van der Waals surface area (Å²) >= 11 is 0. The summed E-state index contributed by atoms with van der Waals surface area (Å²) in [7, 11) is 0. The molecule has 8 nitrogen and oxygen atoms in total. The third-order valence-electron chi connectivity index (χ3n) is 7.70. The van der Waals surface area contributed by atoms with Gasteiger partial charge in [-0.25, -0.2) is 4.68 Å². The van der Waals surface area contributed by atoms with Crippen molar-refractivity contribution in [3.8, 4) is 5.75 Å². The molecule has 1 atom stereocenters. The number of amides is 1. The van der Waals surface area contributed by atoms with E-state index in [4.69, 9.17) is 4.74 Å². The Morgan fingerprint density at radius 1 is 1.03 bits per heavy atom. The fourth-order valence-electron chi connectivity index (χ4n) is 5.53. The lowest BCUT2D eigenvalue weighted by Gasteiger charge is -2.30. The van der Waals surface area contributed by atoms with Crippen LogP contribution in [0.5, 0.6) is 5.75 Å². The normalized spacial score (nSPS) is 18.2. The highest BCUT2D eigenvalue weighted by Gasteiger charge is 2.25. The fourth-order valence-corrected chi connectivity index (χ4v) is 5.53. The number of hydrogen-bond donors (Lipinski definition) is 1. The van der Waals surface area contributed by atoms with Gasteiger partial charge in [-0.1, -0.05) is 47.7 Å². The van der Waals surface area contributed by atoms with Gasteiger partial charge in [0, 0.05) is 31.1 Å². The first-order valence-electron chi connectivity index (χ1n) is 13.3. The molecule has 1 aromatic heterocycles. The van der Waals surface area contributed by atoms with Crippen molar-refractivity contribution in [1.29, 1.82) is 0 Å². The monoisotopic (exact) mass is 522 g/mol. The zero-order valence-corrected chi connectivity index (χ0v) is 21.8. The Morgan fingerprint density at radius 2 is 1.87 bits per heavy atom. The van der Waals surface area contributed by atoms with E-state index in [-0.39, 0.29) is 18.2 Å². The molecule has 3 aromatic carbocycles. The topological polar surface area (TPSA) is 97.5 Å². The molecule has 0 aliphatic carbocycles. The number of fused-ring (bicyclic) bond motifs is 5. The number of aryl methyl sites for hydroxylation is 2. The van der Waals surface area contributed by atoms with Gasteiger partial charge in [0.2, 0.25) is 0 Å². The molecule has 39 heavy (non-hydrogen) atoms. The van der Waals surface area contributed by atoms with Crippen LogP contribution in [0.15, 0.2) is 66.7 Å². The Labute approximate surface area is 226 Å². The molecule has 7 rings (SSSR count). The average molecular weight is 523 g/mol. The lowest BCUT2D eigenvalue weighted by Crippen LogP contribution is -2.36. The molecule has 8 heteroatoms. The highest BCUT2D eigenvalue weighted by molar-refractivity contribution is 5.95. The highest BCUT2D eigenvalue weighted by Crippen LogP contribution is 2.33. The van der Waals surface area contributed by atoms with Crippen LogP contribution >= 0.6 is 0 Å². The molecule has 3 aliphatic rings. The lowest BCUT2D eigenvalue weighted by atomic mass is 9.85. The second kappa shape index (κ2) is 10.4. The smallest absolute Gasteiger partial charge is 0.304 e. The molecule has 3 aliphatic heterocycles. The van der Waals surface area contributed by atoms with E-state index in [2.05, 4.69) is 28.5 Å². The highest BCUT2D eigenvalue weighted by atomic mass is 16.5. The third kappa shape index (κ3) is 5.02. The SMILES string of the molecule is Cc1ccc2cc1OC/C=C/CCn1nnc3cc(ccc31)C(CC(=O)O)c1ccc3c(c1)CN(CC3)C2=O. The molecule has 0 spiro atoms. The van der Waals surface area contributed by atoms with Crippen molar-refractivity contribution in [2.45, 2.75) is 45.2 Å². The predicted octanol–water partition coefficient (Wildman–Crippen LogP) is 4.88. The maximum atomic E-state index is 13.5. The number of benzene rings is 3. The van der Waals surface area contributed by atoms with Gasteiger partial charge in [0.25, 0.3) is 5.91 Å². The number of ether oxygens (including phenoxy) is 1. The second-order valence-electron chi connectivity index (χ2n) is 10.3. The number of allylic oxidation sites excluding steroid dienone is 1. The number of nitrogens with zero attached hydrogens (tertiary/aromatic N) is 4. The number of aliphatic carboxylic acids is 1. The first-order chi connectivity index (χ1) is 19.0. The Hall–Kier alpha value is -4.46. The first kappa shape index (κ1) is 24.9. The van der Waals surface area contributed by atoms with Crippen LogP contribution in [0.25, 0.3) is 11.0 Å². The summed E-state index contributed by atoms with van der Waals surface area (Å²) in [5, 5.41) is 18.5. The molecular weight excluding hydrogens is 492 g/mol. The summed E-state index contributed by atoms with van der Waals surface area (Å²) < 4.78 is 7.87. The molecule has 4 heterocycles. The summed E-state index contributed by atoms with van der Waals surface area (Å²) in [5.41, 5.74) is 7.27. The maximum absolute atomic E-state index is 13.5. The molecule has 0 radical (unpaired) electrons. The van der Waals surface area contributed by atoms with Gasteiger partial charge in [-0.2, -0.15) is 0 Å². The predicted molar refractivity (Wildman–Crippen MR) is 147 cm³/mol. The maximum Gasteiger partial charge on any atom is 0.304 e. The van der Waals surface area contributed by atoms with E-state index in [0.717, 1.165) is 46.1 Å². The molecule has 1 N–H and O–H groups in total. The van der Waals surface area contributed by atoms with E-state index in [1.807, 2.05) is 65.0 Å². The summed E-state index contributed by atoms with van der Waals surface area (Å²) in [6.07, 6.45) is 5.49. The van der Waals surface area contributed by atoms with E-state index < -0.39 is 5.97 Å². The third-order valence-corrected chi connectivity index (χ3v) is 7.70. The van der Waals surface area contributed by atoms with Crippen molar-refractivity contribution in [1.82, 2.24) is 19.9 Å². The van der Waals surface area contributed by atoms with Gasteiger partial charge in [-0.3, -0.25) is 9.59 Å². The van der Waals surface area contributed by atoms with E-state index in [0.29, 0.717) is 37.6 Å². The van der Waals surface area contributed by atoms with Crippen molar-refractivity contribution < 1.29 is 19.4 Å². The first-order valence-corrected chi connectivity index (χ1v) is 13.3. The van der Waals surface area contributed by atoms with Crippen LogP contribution in [0.2, 0.25) is 0 Å². The minimum absolute atomic E-state index is 0.0350. The van der Waals surface area contributed by atoms with Crippen LogP contribution in [0.3, 0.4) is 0 Å². The van der Waals surface area contributed by atoms with Crippen molar-refractivity contribution in [2.24, 2.45) is 0 Å². The number of aromatic nitrogens is 3. The average Bonchev–Trinajstić information content (AvgIpc) is 3.35. The fraction of sp³-hybridized carbons (Fsp3) is 0.290. The molecule has 0 saturated heterocycles. The van der Waals surface area contributed by atoms with Crippen molar-refractivity contribution in [2.75, 3.05) is 13.2 Å². The van der Waals surface area contributed by atoms with Crippen LogP contribution in [0.1, 0.15) is 56.9 Å². The summed E-state index contributed by atoms with van der Waals surface area (Å²) in [6.45, 7) is 4.15. The van der Waals surface area contributed by atoms with Crippen LogP contribution in [0.4, 0.5) is 0 Å². The Balaban J connectivity index is 1.42. The van der Waals surface area contributed by atoms with Gasteiger partial charge in [-0.05, 0) is 71.8 Å². The van der Waals surface area contributed by atoms with E-state index in [9.17, 15) is 14.7 Å². The van der Waals surface area contributed by atoms with E-state index >= 15 is 0 Å². The van der Waals surface area contributed by atoms with Crippen LogP contribution in [0, 0.1) is 6.92 Å². The summed E-state index contributed by atoms with van der Waals surface area (Å²) in [6, 6.07) is 17.7. The van der Waals surface area contributed by atoms with E-state index in [1.165, 1.54) is 5.56 Å². The van der Waals surface area contributed by atoms with Gasteiger partial charge in [0.05, 0.1) is 11.9 Å². The Morgan fingerprint density at radius 3 is 2.74 bits per heavy atom. The number of rotatable bonds is 2. The number of carboxylic acid groups (broad SMARTS) is 1. The molecule has 9 bridgehead atoms. The van der Waals surface area contributed by atoms with E-state index in [1.54, 1.807) is 0 Å². The minimum atomic E-state index is -0.868. The summed E-state index contributed by atoms with van der Waals surface area (Å²) in [4.78, 5) is 27.3. The Kier molecular flexibility index (Phi) is 6.60. The number of hydrogen-bond acceptors (Lipinski definition) is 5. The molecule has 198 valence electrons. The quantitative estimate of drug-likeness (QED) is 0.377. The molecule has 0 fully saturated rings.